The number of aldehydes is 1. The first kappa shape index (κ1) is 15.8. The van der Waals surface area contributed by atoms with Crippen LogP contribution in [0.2, 0.25) is 0 Å². The summed E-state index contributed by atoms with van der Waals surface area (Å²) in [6.07, 6.45) is 0.715. The normalized spacial score (nSPS) is 13.4. The minimum absolute atomic E-state index is 0.302. The highest BCUT2D eigenvalue weighted by Crippen LogP contribution is 1.77. The number of hydrazine groups is 1. The topological polar surface area (TPSA) is 139 Å². The first-order valence-electron chi connectivity index (χ1n) is 3.65. The van der Waals surface area contributed by atoms with E-state index in [1.165, 1.54) is 0 Å². The van der Waals surface area contributed by atoms with Gasteiger partial charge in [0.1, 0.15) is 12.3 Å². The summed E-state index contributed by atoms with van der Waals surface area (Å²) in [6, 6.07) is -1.43. The first-order valence-corrected chi connectivity index (χ1v) is 4.28. The second-order valence-corrected chi connectivity index (χ2v) is 2.58. The highest BCUT2D eigenvalue weighted by atomic mass is 32.1. The number of carboxylic acids is 1. The van der Waals surface area contributed by atoms with Crippen LogP contribution in [0.1, 0.15) is 0 Å². The molecule has 7 nitrogen and oxygen atoms in total. The molecule has 14 heavy (non-hydrogen) atoms. The molecule has 84 valence electrons. The molecule has 0 bridgehead atoms. The van der Waals surface area contributed by atoms with Crippen molar-refractivity contribution < 1.29 is 19.8 Å². The predicted octanol–water partition coefficient (Wildman–Crippen LogP) is -2.66. The Kier molecular flexibility index (Phi) is 11.7. The van der Waals surface area contributed by atoms with Crippen molar-refractivity contribution >= 4 is 24.9 Å². The van der Waals surface area contributed by atoms with E-state index in [-0.39, 0.29) is 6.04 Å². The van der Waals surface area contributed by atoms with Gasteiger partial charge in [0.05, 0.1) is 12.6 Å². The number of carboxylic acid groups (broad SMARTS) is 1. The van der Waals surface area contributed by atoms with Gasteiger partial charge in [-0.05, 0) is 0 Å². The lowest BCUT2D eigenvalue weighted by Gasteiger charge is -2.00. The van der Waals surface area contributed by atoms with Gasteiger partial charge < -0.3 is 20.7 Å². The molecule has 0 aromatic carbocycles. The van der Waals surface area contributed by atoms with E-state index in [0.717, 1.165) is 0 Å². The molecule has 0 saturated carbocycles. The van der Waals surface area contributed by atoms with E-state index >= 15 is 0 Å². The maximum absolute atomic E-state index is 9.78. The van der Waals surface area contributed by atoms with E-state index in [9.17, 15) is 9.59 Å². The maximum Gasteiger partial charge on any atom is 0.322 e. The Morgan fingerprint density at radius 2 is 2.14 bits per heavy atom. The Labute approximate surface area is 86.8 Å². The molecule has 0 aromatic rings. The minimum atomic E-state index is -1.18. The van der Waals surface area contributed by atoms with Gasteiger partial charge in [0.2, 0.25) is 0 Å². The van der Waals surface area contributed by atoms with Crippen LogP contribution in [0.5, 0.6) is 0 Å². The van der Waals surface area contributed by atoms with E-state index in [2.05, 4.69) is 18.1 Å². The van der Waals surface area contributed by atoms with Gasteiger partial charge >= 0.3 is 5.97 Å². The van der Waals surface area contributed by atoms with Crippen molar-refractivity contribution in [2.24, 2.45) is 11.6 Å². The van der Waals surface area contributed by atoms with Crippen molar-refractivity contribution in [2.45, 2.75) is 12.1 Å². The van der Waals surface area contributed by atoms with Gasteiger partial charge in [-0.15, -0.1) is 0 Å². The van der Waals surface area contributed by atoms with E-state index in [1.807, 2.05) is 0 Å². The Morgan fingerprint density at radius 3 is 2.14 bits per heavy atom. The smallest absolute Gasteiger partial charge is 0.322 e. The molecular weight excluding hydrogens is 210 g/mol. The molecule has 0 aliphatic rings. The van der Waals surface area contributed by atoms with Crippen LogP contribution in [0.3, 0.4) is 0 Å². The van der Waals surface area contributed by atoms with E-state index in [0.29, 0.717) is 12.0 Å². The van der Waals surface area contributed by atoms with Crippen molar-refractivity contribution in [3.05, 3.63) is 0 Å². The van der Waals surface area contributed by atoms with Crippen LogP contribution in [0, 0.1) is 0 Å². The third kappa shape index (κ3) is 9.42. The molecule has 0 spiro atoms. The van der Waals surface area contributed by atoms with Gasteiger partial charge in [0, 0.05) is 5.75 Å². The Balaban J connectivity index is 0. The molecule has 0 aliphatic heterocycles. The van der Waals surface area contributed by atoms with Crippen molar-refractivity contribution in [1.82, 2.24) is 5.43 Å². The number of nitrogens with one attached hydrogen (secondary N) is 1. The molecule has 0 aliphatic carbocycles. The molecule has 0 rings (SSSR count). The van der Waals surface area contributed by atoms with E-state index in [1.54, 1.807) is 0 Å². The third-order valence-electron chi connectivity index (χ3n) is 1.09. The number of aliphatic carboxylic acids is 1. The average Bonchev–Trinajstić information content (AvgIpc) is 2.20. The van der Waals surface area contributed by atoms with E-state index in [4.69, 9.17) is 21.8 Å². The van der Waals surface area contributed by atoms with Crippen LogP contribution in [0.4, 0.5) is 0 Å². The molecule has 0 amide bonds. The monoisotopic (exact) mass is 225 g/mol. The Morgan fingerprint density at radius 1 is 1.64 bits per heavy atom. The number of carbonyl (C=O) groups excluding carboxylic acids is 1. The predicted molar refractivity (Wildman–Crippen MR) is 53.7 cm³/mol. The molecule has 8 heteroatoms. The molecule has 0 radical (unpaired) electrons. The molecule has 7 N–H and O–H groups in total. The molecule has 0 aromatic heterocycles. The highest BCUT2D eigenvalue weighted by Gasteiger charge is 2.06. The van der Waals surface area contributed by atoms with Gasteiger partial charge in [0.25, 0.3) is 0 Å². The fraction of sp³-hybridized carbons (Fsp3) is 0.667. The summed E-state index contributed by atoms with van der Waals surface area (Å²) in [5, 5.41) is 15.9. The summed E-state index contributed by atoms with van der Waals surface area (Å²) in [4.78, 5) is 19.4. The fourth-order valence-corrected chi connectivity index (χ4v) is 0.405. The van der Waals surface area contributed by atoms with Crippen LogP contribution >= 0.6 is 12.6 Å². The Hall–Kier alpha value is -0.670. The zero-order valence-corrected chi connectivity index (χ0v) is 8.35. The SMILES string of the molecule is NN[C@H](C=O)CS.N[C@@H](CO)C(=O)O. The maximum atomic E-state index is 9.78. The number of aliphatic hydroxyl groups excluding tert-OH is 1. The number of hydrogen-bond donors (Lipinski definition) is 6. The second-order valence-electron chi connectivity index (χ2n) is 2.22. The zero-order valence-electron chi connectivity index (χ0n) is 7.46. The lowest BCUT2D eigenvalue weighted by molar-refractivity contribution is -0.139. The third-order valence-corrected chi connectivity index (χ3v) is 1.48. The summed E-state index contributed by atoms with van der Waals surface area (Å²) < 4.78 is 0. The van der Waals surface area contributed by atoms with Crippen LogP contribution in [0.15, 0.2) is 0 Å². The number of hydrogen-bond acceptors (Lipinski definition) is 7. The standard InChI is InChI=1S/C3H8N2OS.C3H7NO3/c4-5-3(1-6)2-7;4-2(1-5)3(6)7/h1,3,5,7H,2,4H2;2,5H,1,4H2,(H,6,7)/t3-;2-/m10/s1. The van der Waals surface area contributed by atoms with Gasteiger partial charge in [-0.25, -0.2) is 5.43 Å². The van der Waals surface area contributed by atoms with Crippen molar-refractivity contribution in [1.29, 1.82) is 0 Å². The highest BCUT2D eigenvalue weighted by molar-refractivity contribution is 7.80. The molecule has 2 atom stereocenters. The number of thiol groups is 1. The van der Waals surface area contributed by atoms with E-state index < -0.39 is 18.6 Å². The van der Waals surface area contributed by atoms with Gasteiger partial charge in [-0.3, -0.25) is 10.6 Å². The zero-order chi connectivity index (χ0) is 11.6. The fourth-order valence-electron chi connectivity index (χ4n) is 0.213. The number of aliphatic hydroxyl groups is 1. The quantitative estimate of drug-likeness (QED) is 0.130. The summed E-state index contributed by atoms with van der Waals surface area (Å²) in [7, 11) is 0. The van der Waals surface area contributed by atoms with Crippen molar-refractivity contribution in [2.75, 3.05) is 12.4 Å². The molecule has 0 saturated heterocycles. The molecule has 0 unspecified atom stereocenters. The minimum Gasteiger partial charge on any atom is -0.480 e. The Bertz CT molecular complexity index is 162. The summed E-state index contributed by atoms with van der Waals surface area (Å²) in [5.74, 6) is 4.13. The lowest BCUT2D eigenvalue weighted by atomic mass is 10.3. The largest absolute Gasteiger partial charge is 0.480 e. The summed E-state index contributed by atoms with van der Waals surface area (Å²) >= 11 is 3.80. The summed E-state index contributed by atoms with van der Waals surface area (Å²) in [5.41, 5.74) is 7.02. The van der Waals surface area contributed by atoms with Crippen LogP contribution < -0.4 is 17.0 Å². The van der Waals surface area contributed by atoms with Crippen LogP contribution in [0.25, 0.3) is 0 Å². The van der Waals surface area contributed by atoms with Gasteiger partial charge in [-0.2, -0.15) is 12.6 Å². The van der Waals surface area contributed by atoms with Gasteiger partial charge in [0.15, 0.2) is 0 Å². The first-order chi connectivity index (χ1) is 6.53. The molecule has 0 fully saturated rings. The second kappa shape index (κ2) is 10.4. The van der Waals surface area contributed by atoms with Gasteiger partial charge in [-0.1, -0.05) is 0 Å². The van der Waals surface area contributed by atoms with Crippen LogP contribution in [-0.2, 0) is 9.59 Å². The lowest BCUT2D eigenvalue weighted by Crippen LogP contribution is -2.37. The van der Waals surface area contributed by atoms with Crippen molar-refractivity contribution in [3.63, 3.8) is 0 Å². The van der Waals surface area contributed by atoms with Crippen molar-refractivity contribution in [3.8, 4) is 0 Å². The number of rotatable bonds is 5. The number of carbonyl (C=O) groups is 2. The molecule has 0 heterocycles. The van der Waals surface area contributed by atoms with Crippen LogP contribution in [-0.4, -0.2) is 46.9 Å². The molecular formula is C6H15N3O4S. The summed E-state index contributed by atoms with van der Waals surface area (Å²) in [6.45, 7) is -0.505. The average molecular weight is 225 g/mol. The number of nitrogens with two attached hydrogens (primary N) is 2.